The van der Waals surface area contributed by atoms with E-state index in [-0.39, 0.29) is 29.5 Å². The number of benzene rings is 1. The highest BCUT2D eigenvalue weighted by atomic mass is 16.5. The maximum atomic E-state index is 12.2. The van der Waals surface area contributed by atoms with Crippen LogP contribution in [0.15, 0.2) is 23.2 Å². The van der Waals surface area contributed by atoms with Crippen LogP contribution in [0.2, 0.25) is 0 Å². The summed E-state index contributed by atoms with van der Waals surface area (Å²) >= 11 is 0. The molecule has 0 fully saturated rings. The van der Waals surface area contributed by atoms with Gasteiger partial charge in [0.2, 0.25) is 5.91 Å². The van der Waals surface area contributed by atoms with Crippen LogP contribution in [-0.4, -0.2) is 30.7 Å². The minimum absolute atomic E-state index is 0.000334. The van der Waals surface area contributed by atoms with E-state index in [1.807, 2.05) is 33.8 Å². The van der Waals surface area contributed by atoms with Gasteiger partial charge in [-0.25, -0.2) is 4.99 Å². The van der Waals surface area contributed by atoms with Crippen LogP contribution in [0.1, 0.15) is 77.8 Å². The van der Waals surface area contributed by atoms with E-state index in [2.05, 4.69) is 31.3 Å². The molecule has 0 aliphatic carbocycles. The minimum Gasteiger partial charge on any atom is -0.490 e. The van der Waals surface area contributed by atoms with Crippen molar-refractivity contribution in [2.24, 2.45) is 16.1 Å². The van der Waals surface area contributed by atoms with Crippen LogP contribution in [-0.2, 0) is 15.1 Å². The zero-order chi connectivity index (χ0) is 21.4. The first-order valence-electron chi connectivity index (χ1n) is 10.6. The molecule has 0 saturated heterocycles. The molecule has 160 valence electrons. The number of ether oxygens (including phenoxy) is 2. The van der Waals surface area contributed by atoms with E-state index in [4.69, 9.17) is 20.2 Å². The van der Waals surface area contributed by atoms with Crippen molar-refractivity contribution in [1.29, 1.82) is 0 Å². The van der Waals surface area contributed by atoms with Gasteiger partial charge in [-0.1, -0.05) is 40.7 Å². The lowest BCUT2D eigenvalue weighted by atomic mass is 9.80. The molecule has 1 aromatic carbocycles. The summed E-state index contributed by atoms with van der Waals surface area (Å²) in [6, 6.07) is 6.69. The Labute approximate surface area is 174 Å². The van der Waals surface area contributed by atoms with Crippen LogP contribution < -0.4 is 15.8 Å². The van der Waals surface area contributed by atoms with Gasteiger partial charge in [-0.3, -0.25) is 4.79 Å². The maximum absolute atomic E-state index is 12.2. The van der Waals surface area contributed by atoms with Crippen LogP contribution in [0.3, 0.4) is 0 Å². The third-order valence-electron chi connectivity index (χ3n) is 5.79. The Hall–Kier alpha value is -2.24. The molecule has 3 N–H and O–H groups in total. The Morgan fingerprint density at radius 2 is 2.07 bits per heavy atom. The highest BCUT2D eigenvalue weighted by molar-refractivity contribution is 5.81. The second-order valence-corrected chi connectivity index (χ2v) is 9.83. The average molecular weight is 402 g/mol. The highest BCUT2D eigenvalue weighted by Crippen LogP contribution is 2.46. The maximum Gasteiger partial charge on any atom is 0.283 e. The molecule has 0 radical (unpaired) electrons. The molecular formula is C23H35N3O3. The topological polar surface area (TPSA) is 85.9 Å². The van der Waals surface area contributed by atoms with Gasteiger partial charge in [0, 0.05) is 23.4 Å². The first-order valence-corrected chi connectivity index (χ1v) is 10.6. The fourth-order valence-electron chi connectivity index (χ4n) is 3.90. The van der Waals surface area contributed by atoms with Crippen molar-refractivity contribution < 1.29 is 14.3 Å². The van der Waals surface area contributed by atoms with Gasteiger partial charge in [-0.05, 0) is 43.4 Å². The van der Waals surface area contributed by atoms with Crippen molar-refractivity contribution in [1.82, 2.24) is 5.32 Å². The summed E-state index contributed by atoms with van der Waals surface area (Å²) in [7, 11) is 0. The standard InChI is InChI=1S/C23H35N3O3/c1-14(2)16-8-10-19-18(11-16)23(13-28-21(24)26-23)12-17(29-19)9-7-15(3)25-20(27)22(4,5)6/h8,10-11,14-15,17H,7,9,12-13H2,1-6H3,(H2,24,26)(H,25,27)/t15-,17-,23?/m0/s1. The van der Waals surface area contributed by atoms with Crippen LogP contribution in [0.25, 0.3) is 0 Å². The number of rotatable bonds is 5. The van der Waals surface area contributed by atoms with Gasteiger partial charge in [0.25, 0.3) is 6.02 Å². The highest BCUT2D eigenvalue weighted by Gasteiger charge is 2.46. The van der Waals surface area contributed by atoms with Gasteiger partial charge in [-0.15, -0.1) is 0 Å². The second kappa shape index (κ2) is 7.88. The predicted molar refractivity (Wildman–Crippen MR) is 115 cm³/mol. The van der Waals surface area contributed by atoms with E-state index in [9.17, 15) is 4.79 Å². The minimum atomic E-state index is -0.481. The number of nitrogens with one attached hydrogen (secondary N) is 1. The van der Waals surface area contributed by atoms with Gasteiger partial charge in [-0.2, -0.15) is 0 Å². The molecular weight excluding hydrogens is 366 g/mol. The number of aliphatic imine (C=N–C) groups is 1. The van der Waals surface area contributed by atoms with Crippen LogP contribution in [0.4, 0.5) is 0 Å². The molecule has 1 spiro atoms. The third kappa shape index (κ3) is 4.68. The number of carbonyl (C=O) groups excluding carboxylic acids is 1. The number of nitrogens with two attached hydrogens (primary N) is 1. The molecule has 6 nitrogen and oxygen atoms in total. The predicted octanol–water partition coefficient (Wildman–Crippen LogP) is 3.83. The van der Waals surface area contributed by atoms with Crippen molar-refractivity contribution in [2.75, 3.05) is 6.61 Å². The number of fused-ring (bicyclic) bond motifs is 2. The van der Waals surface area contributed by atoms with E-state index < -0.39 is 5.54 Å². The number of amidine groups is 1. The molecule has 6 heteroatoms. The lowest BCUT2D eigenvalue weighted by Gasteiger charge is -2.37. The zero-order valence-electron chi connectivity index (χ0n) is 18.5. The number of nitrogens with zero attached hydrogens (tertiary/aromatic N) is 1. The fourth-order valence-corrected chi connectivity index (χ4v) is 3.90. The van der Waals surface area contributed by atoms with Crippen molar-refractivity contribution >= 4 is 11.9 Å². The molecule has 1 unspecified atom stereocenters. The van der Waals surface area contributed by atoms with E-state index in [0.29, 0.717) is 12.5 Å². The molecule has 2 heterocycles. The van der Waals surface area contributed by atoms with Gasteiger partial charge in [0.05, 0.1) is 0 Å². The van der Waals surface area contributed by atoms with Crippen molar-refractivity contribution in [3.63, 3.8) is 0 Å². The summed E-state index contributed by atoms with van der Waals surface area (Å²) < 4.78 is 11.9. The Kier molecular flexibility index (Phi) is 5.84. The third-order valence-corrected chi connectivity index (χ3v) is 5.79. The van der Waals surface area contributed by atoms with Crippen LogP contribution in [0, 0.1) is 5.41 Å². The fraction of sp³-hybridized carbons (Fsp3) is 0.652. The Morgan fingerprint density at radius 1 is 1.34 bits per heavy atom. The van der Waals surface area contributed by atoms with Gasteiger partial charge in [0.1, 0.15) is 24.0 Å². The molecule has 1 aromatic rings. The zero-order valence-corrected chi connectivity index (χ0v) is 18.5. The summed E-state index contributed by atoms with van der Waals surface area (Å²) in [4.78, 5) is 16.9. The van der Waals surface area contributed by atoms with Crippen molar-refractivity contribution in [3.8, 4) is 5.75 Å². The quantitative estimate of drug-likeness (QED) is 0.785. The number of hydrogen-bond donors (Lipinski definition) is 2. The van der Waals surface area contributed by atoms with Crippen LogP contribution in [0.5, 0.6) is 5.75 Å². The first kappa shape index (κ1) is 21.5. The molecule has 2 aliphatic heterocycles. The lowest BCUT2D eigenvalue weighted by molar-refractivity contribution is -0.129. The Morgan fingerprint density at radius 3 is 2.66 bits per heavy atom. The molecule has 2 aliphatic rings. The van der Waals surface area contributed by atoms with E-state index in [1.165, 1.54) is 5.56 Å². The molecule has 29 heavy (non-hydrogen) atoms. The Bertz CT molecular complexity index is 797. The van der Waals surface area contributed by atoms with Crippen molar-refractivity contribution in [3.05, 3.63) is 29.3 Å². The van der Waals surface area contributed by atoms with Gasteiger partial charge < -0.3 is 20.5 Å². The van der Waals surface area contributed by atoms with Gasteiger partial charge >= 0.3 is 0 Å². The first-order chi connectivity index (χ1) is 13.5. The normalized spacial score (nSPS) is 24.5. The summed E-state index contributed by atoms with van der Waals surface area (Å²) in [5.41, 5.74) is 7.35. The summed E-state index contributed by atoms with van der Waals surface area (Å²) in [6.45, 7) is 12.6. The smallest absolute Gasteiger partial charge is 0.283 e. The molecule has 0 saturated carbocycles. The van der Waals surface area contributed by atoms with Crippen LogP contribution >= 0.6 is 0 Å². The van der Waals surface area contributed by atoms with Gasteiger partial charge in [0.15, 0.2) is 0 Å². The number of hydrogen-bond acceptors (Lipinski definition) is 5. The molecule has 3 atom stereocenters. The average Bonchev–Trinajstić information content (AvgIpc) is 3.00. The lowest BCUT2D eigenvalue weighted by Crippen LogP contribution is -2.42. The molecule has 3 rings (SSSR count). The summed E-state index contributed by atoms with van der Waals surface area (Å²) in [6.07, 6.45) is 2.39. The second-order valence-electron chi connectivity index (χ2n) is 9.83. The molecule has 1 amide bonds. The number of carbonyl (C=O) groups is 1. The Balaban J connectivity index is 1.74. The summed E-state index contributed by atoms with van der Waals surface area (Å²) in [5.74, 6) is 1.35. The molecule has 0 aromatic heterocycles. The SMILES string of the molecule is CC(C)c1ccc2c(c1)C1(COC(N)=N1)C[C@H](CC[C@H](C)NC(=O)C(C)(C)C)O2. The number of amides is 1. The monoisotopic (exact) mass is 401 g/mol. The largest absolute Gasteiger partial charge is 0.490 e. The molecule has 0 bridgehead atoms. The summed E-state index contributed by atoms with van der Waals surface area (Å²) in [5, 5.41) is 3.10. The van der Waals surface area contributed by atoms with Crippen molar-refractivity contribution in [2.45, 2.75) is 84.4 Å². The van der Waals surface area contributed by atoms with E-state index >= 15 is 0 Å². The van der Waals surface area contributed by atoms with E-state index in [0.717, 1.165) is 30.6 Å². The van der Waals surface area contributed by atoms with E-state index in [1.54, 1.807) is 0 Å².